The molecule has 0 unspecified atom stereocenters. The maximum absolute atomic E-state index is 13.2. The van der Waals surface area contributed by atoms with Crippen LogP contribution in [-0.4, -0.2) is 29.8 Å². The second-order valence-corrected chi connectivity index (χ2v) is 7.76. The van der Waals surface area contributed by atoms with E-state index in [1.165, 1.54) is 4.68 Å². The Morgan fingerprint density at radius 1 is 1.14 bits per heavy atom. The molecule has 3 heterocycles. The van der Waals surface area contributed by atoms with Crippen LogP contribution in [0.2, 0.25) is 0 Å². The van der Waals surface area contributed by atoms with Crippen molar-refractivity contribution in [2.24, 2.45) is 0 Å². The average Bonchev–Trinajstić information content (AvgIpc) is 3.10. The molecule has 0 saturated heterocycles. The third kappa shape index (κ3) is 3.85. The van der Waals surface area contributed by atoms with Crippen LogP contribution >= 0.6 is 15.9 Å². The highest BCUT2D eigenvalue weighted by molar-refractivity contribution is 9.10. The van der Waals surface area contributed by atoms with Crippen molar-refractivity contribution < 1.29 is 17.6 Å². The molecule has 0 aliphatic heterocycles. The maximum atomic E-state index is 13.2. The van der Waals surface area contributed by atoms with Crippen molar-refractivity contribution in [1.82, 2.24) is 29.8 Å². The lowest BCUT2D eigenvalue weighted by Gasteiger charge is -2.04. The largest absolute Gasteiger partial charge is 0.436 e. The second kappa shape index (κ2) is 7.02. The normalized spacial score (nSPS) is 14.8. The summed E-state index contributed by atoms with van der Waals surface area (Å²) >= 11 is 3.08. The van der Waals surface area contributed by atoms with Crippen molar-refractivity contribution in [3.05, 3.63) is 45.1 Å². The van der Waals surface area contributed by atoms with Crippen LogP contribution in [0.1, 0.15) is 53.3 Å². The molecule has 3 aromatic heterocycles. The first-order valence-electron chi connectivity index (χ1n) is 8.88. The van der Waals surface area contributed by atoms with Gasteiger partial charge < -0.3 is 4.42 Å². The van der Waals surface area contributed by atoms with Gasteiger partial charge in [0.15, 0.2) is 5.69 Å². The topological polar surface area (TPSA) is 74.6 Å². The number of hydrogen-bond acceptors (Lipinski definition) is 5. The van der Waals surface area contributed by atoms with Crippen LogP contribution < -0.4 is 0 Å². The van der Waals surface area contributed by atoms with Crippen molar-refractivity contribution in [2.45, 2.75) is 58.3 Å². The zero-order chi connectivity index (χ0) is 20.1. The van der Waals surface area contributed by atoms with Crippen molar-refractivity contribution >= 4 is 15.9 Å². The molecular weight excluding hydrogens is 441 g/mol. The second-order valence-electron chi connectivity index (χ2n) is 6.97. The summed E-state index contributed by atoms with van der Waals surface area (Å²) in [5.41, 5.74) is 1.59. The molecular formula is C17H18BrF3N6O. The van der Waals surface area contributed by atoms with Gasteiger partial charge in [0.2, 0.25) is 11.8 Å². The lowest BCUT2D eigenvalue weighted by molar-refractivity contribution is -0.142. The summed E-state index contributed by atoms with van der Waals surface area (Å²) in [4.78, 5) is 0. The van der Waals surface area contributed by atoms with E-state index in [9.17, 15) is 13.2 Å². The molecule has 4 rings (SSSR count). The van der Waals surface area contributed by atoms with Crippen LogP contribution in [0.25, 0.3) is 0 Å². The average molecular weight is 459 g/mol. The van der Waals surface area contributed by atoms with Crippen LogP contribution in [0.4, 0.5) is 13.2 Å². The number of nitrogens with zero attached hydrogens (tertiary/aromatic N) is 6. The molecule has 0 amide bonds. The lowest BCUT2D eigenvalue weighted by atomic mass is 10.2. The van der Waals surface area contributed by atoms with E-state index in [-0.39, 0.29) is 22.8 Å². The molecule has 0 bridgehead atoms. The van der Waals surface area contributed by atoms with E-state index in [1.54, 1.807) is 0 Å². The van der Waals surface area contributed by atoms with Crippen molar-refractivity contribution in [3.63, 3.8) is 0 Å². The predicted molar refractivity (Wildman–Crippen MR) is 95.7 cm³/mol. The first-order chi connectivity index (χ1) is 13.2. The van der Waals surface area contributed by atoms with Gasteiger partial charge in [0.25, 0.3) is 0 Å². The molecule has 0 radical (unpaired) electrons. The zero-order valence-corrected chi connectivity index (χ0v) is 16.9. The lowest BCUT2D eigenvalue weighted by Crippen LogP contribution is -2.10. The Kier molecular flexibility index (Phi) is 4.80. The molecule has 7 nitrogen and oxygen atoms in total. The van der Waals surface area contributed by atoms with Crippen LogP contribution in [0, 0.1) is 13.8 Å². The highest BCUT2D eigenvalue weighted by Crippen LogP contribution is 2.47. The van der Waals surface area contributed by atoms with Gasteiger partial charge >= 0.3 is 6.18 Å². The number of alkyl halides is 3. The molecule has 0 atom stereocenters. The summed E-state index contributed by atoms with van der Waals surface area (Å²) in [5.74, 6) is 0.721. The van der Waals surface area contributed by atoms with Gasteiger partial charge in [-0.2, -0.15) is 23.4 Å². The fourth-order valence-corrected chi connectivity index (χ4v) is 4.02. The third-order valence-corrected chi connectivity index (χ3v) is 5.38. The number of aromatic nitrogens is 6. The van der Waals surface area contributed by atoms with Crippen LogP contribution in [0.5, 0.6) is 0 Å². The van der Waals surface area contributed by atoms with E-state index in [0.717, 1.165) is 24.2 Å². The quantitative estimate of drug-likeness (QED) is 0.557. The molecule has 0 spiro atoms. The van der Waals surface area contributed by atoms with Gasteiger partial charge in [-0.25, -0.2) is 0 Å². The fraction of sp³-hybridized carbons (Fsp3) is 0.529. The van der Waals surface area contributed by atoms with Crippen molar-refractivity contribution in [2.75, 3.05) is 0 Å². The van der Waals surface area contributed by atoms with E-state index in [1.807, 2.05) is 24.6 Å². The molecule has 1 saturated carbocycles. The highest BCUT2D eigenvalue weighted by Gasteiger charge is 2.41. The van der Waals surface area contributed by atoms with Gasteiger partial charge in [0, 0.05) is 24.6 Å². The Labute approximate surface area is 167 Å². The smallest absolute Gasteiger partial charge is 0.423 e. The first kappa shape index (κ1) is 19.2. The molecule has 11 heteroatoms. The Morgan fingerprint density at radius 3 is 2.46 bits per heavy atom. The summed E-state index contributed by atoms with van der Waals surface area (Å²) < 4.78 is 48.4. The highest BCUT2D eigenvalue weighted by atomic mass is 79.9. The molecule has 1 aliphatic carbocycles. The van der Waals surface area contributed by atoms with Gasteiger partial charge in [-0.1, -0.05) is 0 Å². The van der Waals surface area contributed by atoms with Crippen molar-refractivity contribution in [3.8, 4) is 0 Å². The van der Waals surface area contributed by atoms with Gasteiger partial charge in [-0.05, 0) is 48.7 Å². The SMILES string of the molecule is Cc1cc(C)n(CCc2nnc(Cn3nc(C(F)(F)F)c(Br)c3C3CC3)o2)n1. The number of halogens is 4. The predicted octanol–water partition coefficient (Wildman–Crippen LogP) is 4.03. The van der Waals surface area contributed by atoms with E-state index in [4.69, 9.17) is 4.42 Å². The summed E-state index contributed by atoms with van der Waals surface area (Å²) in [6.45, 7) is 4.48. The van der Waals surface area contributed by atoms with Gasteiger partial charge in [0.1, 0.15) is 6.54 Å². The minimum absolute atomic E-state index is 0.00626. The van der Waals surface area contributed by atoms with E-state index in [0.29, 0.717) is 24.6 Å². The summed E-state index contributed by atoms with van der Waals surface area (Å²) in [7, 11) is 0. The number of hydrogen-bond donors (Lipinski definition) is 0. The Hall–Kier alpha value is -2.17. The Balaban J connectivity index is 1.50. The Morgan fingerprint density at radius 2 is 1.86 bits per heavy atom. The third-order valence-electron chi connectivity index (χ3n) is 4.60. The molecule has 1 fully saturated rings. The molecule has 0 N–H and O–H groups in total. The first-order valence-corrected chi connectivity index (χ1v) is 9.67. The standard InChI is InChI=1S/C17H18BrF3N6O/c1-9-7-10(2)26(24-9)6-5-12-22-23-13(28-12)8-27-15(11-3-4-11)14(18)16(25-27)17(19,20)21/h7,11H,3-6,8H2,1-2H3. The zero-order valence-electron chi connectivity index (χ0n) is 15.3. The molecule has 3 aromatic rings. The molecule has 150 valence electrons. The van der Waals surface area contributed by atoms with E-state index >= 15 is 0 Å². The van der Waals surface area contributed by atoms with Crippen LogP contribution in [0.3, 0.4) is 0 Å². The number of aryl methyl sites for hydroxylation is 4. The van der Waals surface area contributed by atoms with Gasteiger partial charge in [-0.15, -0.1) is 10.2 Å². The molecule has 1 aliphatic rings. The van der Waals surface area contributed by atoms with Crippen molar-refractivity contribution in [1.29, 1.82) is 0 Å². The molecule has 28 heavy (non-hydrogen) atoms. The van der Waals surface area contributed by atoms with E-state index in [2.05, 4.69) is 36.3 Å². The van der Waals surface area contributed by atoms with Gasteiger partial charge in [0.05, 0.1) is 15.9 Å². The van der Waals surface area contributed by atoms with Crippen LogP contribution in [0.15, 0.2) is 15.0 Å². The monoisotopic (exact) mass is 458 g/mol. The molecule has 0 aromatic carbocycles. The summed E-state index contributed by atoms with van der Waals surface area (Å²) in [6, 6.07) is 1.98. The maximum Gasteiger partial charge on any atom is 0.436 e. The number of rotatable bonds is 6. The summed E-state index contributed by atoms with van der Waals surface area (Å²) in [6.07, 6.45) is -2.34. The minimum atomic E-state index is -4.52. The van der Waals surface area contributed by atoms with Gasteiger partial charge in [-0.3, -0.25) is 9.36 Å². The van der Waals surface area contributed by atoms with Crippen LogP contribution in [-0.2, 0) is 25.7 Å². The fourth-order valence-electron chi connectivity index (χ4n) is 3.19. The minimum Gasteiger partial charge on any atom is -0.423 e. The Bertz CT molecular complexity index is 1000. The summed E-state index contributed by atoms with van der Waals surface area (Å²) in [5, 5.41) is 16.1. The van der Waals surface area contributed by atoms with E-state index < -0.39 is 11.9 Å².